The highest BCUT2D eigenvalue weighted by Gasteiger charge is 2.26. The van der Waals surface area contributed by atoms with Crippen molar-refractivity contribution in [3.63, 3.8) is 0 Å². The Morgan fingerprint density at radius 1 is 1.07 bits per heavy atom. The van der Waals surface area contributed by atoms with Gasteiger partial charge in [0.25, 0.3) is 0 Å². The van der Waals surface area contributed by atoms with Crippen LogP contribution >= 0.6 is 11.8 Å². The first-order valence-electron chi connectivity index (χ1n) is 9.06. The van der Waals surface area contributed by atoms with Crippen molar-refractivity contribution in [2.45, 2.75) is 37.5 Å². The fourth-order valence-corrected chi connectivity index (χ4v) is 3.19. The Hall–Kier alpha value is -2.34. The number of hydrogen-bond acceptors (Lipinski definition) is 7. The number of methoxy groups -OCH3 is 1. The second-order valence-corrected chi connectivity index (χ2v) is 7.26. The van der Waals surface area contributed by atoms with E-state index < -0.39 is 35.0 Å². The second kappa shape index (κ2) is 15.6. The summed E-state index contributed by atoms with van der Waals surface area (Å²) in [5, 5.41) is 18.2. The zero-order chi connectivity index (χ0) is 22.2. The highest BCUT2D eigenvalue weighted by atomic mass is 32.2. The largest absolute Gasteiger partial charge is 0.480 e. The van der Waals surface area contributed by atoms with Crippen molar-refractivity contribution in [1.29, 1.82) is 0 Å². The molecule has 12 heteroatoms. The predicted octanol–water partition coefficient (Wildman–Crippen LogP) is -1.53. The summed E-state index contributed by atoms with van der Waals surface area (Å²) in [7, 11) is 2.97. The number of carbonyl (C=O) groups is 5. The maximum Gasteiger partial charge on any atom is 0.317 e. The van der Waals surface area contributed by atoms with Crippen LogP contribution in [0.5, 0.6) is 0 Å². The lowest BCUT2D eigenvalue weighted by atomic mass is 10.3. The number of rotatable bonds is 15. The summed E-state index contributed by atoms with van der Waals surface area (Å²) in [6.07, 6.45) is 0.433. The number of aliphatic carboxylic acids is 1. The third-order valence-corrected chi connectivity index (χ3v) is 4.87. The minimum absolute atomic E-state index is 0.00657. The summed E-state index contributed by atoms with van der Waals surface area (Å²) in [4.78, 5) is 57.9. The van der Waals surface area contributed by atoms with Crippen LogP contribution in [0.2, 0.25) is 0 Å². The van der Waals surface area contributed by atoms with E-state index in [1.54, 1.807) is 7.11 Å². The van der Waals surface area contributed by atoms with Crippen LogP contribution in [-0.2, 0) is 28.7 Å². The van der Waals surface area contributed by atoms with Gasteiger partial charge in [0.05, 0.1) is 0 Å². The smallest absolute Gasteiger partial charge is 0.317 e. The Kier molecular flexibility index (Phi) is 14.3. The topological polar surface area (TPSA) is 163 Å². The average Bonchev–Trinajstić information content (AvgIpc) is 2.66. The van der Waals surface area contributed by atoms with Crippen molar-refractivity contribution in [3.05, 3.63) is 0 Å². The molecule has 0 saturated heterocycles. The fraction of sp³-hybridized carbons (Fsp3) is 0.706. The van der Waals surface area contributed by atoms with Gasteiger partial charge in [-0.05, 0) is 6.42 Å². The molecule has 0 saturated carbocycles. The van der Waals surface area contributed by atoms with E-state index in [0.717, 1.165) is 11.8 Å². The minimum atomic E-state index is -1.21. The number of carbonyl (C=O) groups excluding carboxylic acids is 4. The van der Waals surface area contributed by atoms with Crippen LogP contribution in [0.1, 0.15) is 26.2 Å². The highest BCUT2D eigenvalue weighted by Crippen LogP contribution is 2.16. The molecule has 0 aromatic heterocycles. The molecule has 166 valence electrons. The van der Waals surface area contributed by atoms with Crippen molar-refractivity contribution in [1.82, 2.24) is 21.3 Å². The van der Waals surface area contributed by atoms with Gasteiger partial charge >= 0.3 is 5.97 Å². The normalized spacial score (nSPS) is 12.4. The molecule has 0 aromatic rings. The Balaban J connectivity index is 4.37. The summed E-state index contributed by atoms with van der Waals surface area (Å²) in [6, 6.07) is -0.908. The zero-order valence-electron chi connectivity index (χ0n) is 16.9. The lowest BCUT2D eigenvalue weighted by molar-refractivity contribution is -0.138. The third-order valence-electron chi connectivity index (χ3n) is 3.57. The van der Waals surface area contributed by atoms with Gasteiger partial charge in [0.1, 0.15) is 11.3 Å². The minimum Gasteiger partial charge on any atom is -0.480 e. The molecule has 2 atom stereocenters. The van der Waals surface area contributed by atoms with Gasteiger partial charge in [0.2, 0.25) is 23.6 Å². The molecule has 0 rings (SSSR count). The van der Waals surface area contributed by atoms with Crippen LogP contribution in [0.25, 0.3) is 0 Å². The van der Waals surface area contributed by atoms with Crippen LogP contribution in [0, 0.1) is 0 Å². The Morgan fingerprint density at radius 2 is 1.72 bits per heavy atom. The molecule has 11 nitrogen and oxygen atoms in total. The zero-order valence-corrected chi connectivity index (χ0v) is 17.7. The van der Waals surface area contributed by atoms with Crippen molar-refractivity contribution in [2.24, 2.45) is 0 Å². The maximum atomic E-state index is 12.0. The molecule has 0 fully saturated rings. The summed E-state index contributed by atoms with van der Waals surface area (Å²) in [5.41, 5.74) is 0. The van der Waals surface area contributed by atoms with Crippen molar-refractivity contribution in [2.75, 3.05) is 39.6 Å². The quantitative estimate of drug-likeness (QED) is 0.194. The number of amides is 4. The first-order valence-corrected chi connectivity index (χ1v) is 10.1. The van der Waals surface area contributed by atoms with E-state index in [0.29, 0.717) is 19.6 Å². The lowest BCUT2D eigenvalue weighted by Crippen LogP contribution is -2.47. The summed E-state index contributed by atoms with van der Waals surface area (Å²) in [5.74, 6) is -2.85. The van der Waals surface area contributed by atoms with E-state index >= 15 is 0 Å². The number of thioether (sulfide) groups is 1. The molecule has 0 heterocycles. The second-order valence-electron chi connectivity index (χ2n) is 6.03. The van der Waals surface area contributed by atoms with Crippen molar-refractivity contribution >= 4 is 41.4 Å². The molecular formula is C17H30N4O7S. The molecular weight excluding hydrogens is 404 g/mol. The van der Waals surface area contributed by atoms with Gasteiger partial charge in [-0.2, -0.15) is 0 Å². The Labute approximate surface area is 174 Å². The van der Waals surface area contributed by atoms with Gasteiger partial charge in [-0.15, -0.1) is 11.8 Å². The molecule has 1 unspecified atom stereocenters. The molecule has 0 aromatic carbocycles. The van der Waals surface area contributed by atoms with E-state index in [4.69, 9.17) is 4.74 Å². The predicted molar refractivity (Wildman–Crippen MR) is 107 cm³/mol. The molecule has 0 aliphatic carbocycles. The monoisotopic (exact) mass is 434 g/mol. The number of carboxylic acid groups (broad SMARTS) is 1. The maximum absolute atomic E-state index is 12.0. The first kappa shape index (κ1) is 26.7. The summed E-state index contributed by atoms with van der Waals surface area (Å²) < 4.78 is 4.86. The first-order chi connectivity index (χ1) is 13.7. The number of carboxylic acids is 1. The van der Waals surface area contributed by atoms with Crippen molar-refractivity contribution < 1.29 is 33.8 Å². The molecule has 4 amide bonds. The molecule has 5 N–H and O–H groups in total. The molecule has 0 aliphatic rings. The summed E-state index contributed by atoms with van der Waals surface area (Å²) >= 11 is 0.880. The van der Waals surface area contributed by atoms with Crippen LogP contribution in [0.4, 0.5) is 0 Å². The van der Waals surface area contributed by atoms with Crippen LogP contribution in [0.3, 0.4) is 0 Å². The number of nitrogens with one attached hydrogen (secondary N) is 4. The number of hydrogen-bond donors (Lipinski definition) is 5. The van der Waals surface area contributed by atoms with Gasteiger partial charge in [0.15, 0.2) is 0 Å². The van der Waals surface area contributed by atoms with Crippen LogP contribution in [-0.4, -0.2) is 85.6 Å². The van der Waals surface area contributed by atoms with Crippen molar-refractivity contribution in [3.8, 4) is 0 Å². The molecule has 0 aliphatic heterocycles. The summed E-state index contributed by atoms with van der Waals surface area (Å²) in [6.45, 7) is 2.34. The van der Waals surface area contributed by atoms with Gasteiger partial charge in [-0.25, -0.2) is 0 Å². The van der Waals surface area contributed by atoms with Gasteiger partial charge < -0.3 is 31.1 Å². The van der Waals surface area contributed by atoms with Gasteiger partial charge in [0, 0.05) is 59.4 Å². The molecule has 0 radical (unpaired) electrons. The van der Waals surface area contributed by atoms with E-state index in [1.165, 1.54) is 14.0 Å². The van der Waals surface area contributed by atoms with Gasteiger partial charge in [-0.3, -0.25) is 24.0 Å². The standard InChI is InChI=1S/C17H30N4O7S/c1-11(22)21-12(16(25)18-2)10-29-13(17(26)27)9-15(24)20-7-5-14(23)19-6-4-8-28-3/h12-13H,4-10H2,1-3H3,(H,18,25)(H,19,23)(H,20,24)(H,21,22)(H,26,27)/t12-,13?/m0/s1. The van der Waals surface area contributed by atoms with Gasteiger partial charge in [-0.1, -0.05) is 0 Å². The molecule has 0 bridgehead atoms. The van der Waals surface area contributed by atoms with E-state index in [1.807, 2.05) is 0 Å². The Bertz CT molecular complexity index is 574. The third kappa shape index (κ3) is 13.5. The number of likely N-dealkylation sites (N-methyl/N-ethyl adjacent to an activating group) is 1. The SMILES string of the molecule is CNC(=O)[C@H](CSC(CC(=O)NCCC(=O)NCCCOC)C(=O)O)NC(C)=O. The molecule has 29 heavy (non-hydrogen) atoms. The Morgan fingerprint density at radius 3 is 2.28 bits per heavy atom. The van der Waals surface area contributed by atoms with E-state index in [2.05, 4.69) is 21.3 Å². The number of ether oxygens (including phenoxy) is 1. The average molecular weight is 435 g/mol. The van der Waals surface area contributed by atoms with Crippen LogP contribution in [0.15, 0.2) is 0 Å². The highest BCUT2D eigenvalue weighted by molar-refractivity contribution is 8.00. The lowest BCUT2D eigenvalue weighted by Gasteiger charge is -2.18. The molecule has 0 spiro atoms. The van der Waals surface area contributed by atoms with E-state index in [9.17, 15) is 29.1 Å². The van der Waals surface area contributed by atoms with Crippen LogP contribution < -0.4 is 21.3 Å². The fourth-order valence-electron chi connectivity index (χ4n) is 2.12. The van der Waals surface area contributed by atoms with E-state index in [-0.39, 0.29) is 31.0 Å².